The van der Waals surface area contributed by atoms with Crippen LogP contribution in [0.3, 0.4) is 0 Å². The number of hydrogen-bond acceptors (Lipinski definition) is 2. The lowest BCUT2D eigenvalue weighted by molar-refractivity contribution is 0.260. The highest BCUT2D eigenvalue weighted by Crippen LogP contribution is 2.34. The van der Waals surface area contributed by atoms with E-state index in [9.17, 15) is 0 Å². The average molecular weight is 198 g/mol. The van der Waals surface area contributed by atoms with Crippen LogP contribution in [-0.2, 0) is 0 Å². The molecule has 74 valence electrons. The SMILES string of the molecule is NC(=S)CCN(CC1CC1)C1CC1. The van der Waals surface area contributed by atoms with Crippen LogP contribution in [0.25, 0.3) is 0 Å². The van der Waals surface area contributed by atoms with Crippen LogP contribution in [0.4, 0.5) is 0 Å². The van der Waals surface area contributed by atoms with Crippen molar-refractivity contribution in [3.8, 4) is 0 Å². The number of nitrogens with two attached hydrogens (primary N) is 1. The maximum Gasteiger partial charge on any atom is 0.0740 e. The molecule has 2 N–H and O–H groups in total. The van der Waals surface area contributed by atoms with Crippen molar-refractivity contribution in [1.82, 2.24) is 4.90 Å². The molecular formula is C10H18N2S. The van der Waals surface area contributed by atoms with Gasteiger partial charge in [0.2, 0.25) is 0 Å². The fourth-order valence-electron chi connectivity index (χ4n) is 1.75. The predicted octanol–water partition coefficient (Wildman–Crippen LogP) is 1.54. The van der Waals surface area contributed by atoms with Crippen LogP contribution >= 0.6 is 12.2 Å². The van der Waals surface area contributed by atoms with Crippen molar-refractivity contribution in [2.24, 2.45) is 11.7 Å². The van der Waals surface area contributed by atoms with Crippen molar-refractivity contribution >= 4 is 17.2 Å². The molecule has 3 heteroatoms. The van der Waals surface area contributed by atoms with E-state index in [1.165, 1.54) is 32.2 Å². The predicted molar refractivity (Wildman–Crippen MR) is 58.7 cm³/mol. The topological polar surface area (TPSA) is 29.3 Å². The zero-order valence-corrected chi connectivity index (χ0v) is 8.85. The highest BCUT2D eigenvalue weighted by atomic mass is 32.1. The first-order valence-electron chi connectivity index (χ1n) is 5.28. The minimum atomic E-state index is 0.668. The molecule has 2 aliphatic carbocycles. The van der Waals surface area contributed by atoms with Gasteiger partial charge in [0.05, 0.1) is 4.99 Å². The summed E-state index contributed by atoms with van der Waals surface area (Å²) < 4.78 is 0. The standard InChI is InChI=1S/C10H18N2S/c11-10(13)5-6-12(9-3-4-9)7-8-1-2-8/h8-9H,1-7H2,(H2,11,13). The first kappa shape index (κ1) is 9.41. The van der Waals surface area contributed by atoms with Crippen LogP contribution in [0.15, 0.2) is 0 Å². The lowest BCUT2D eigenvalue weighted by Crippen LogP contribution is -2.31. The van der Waals surface area contributed by atoms with Crippen LogP contribution in [-0.4, -0.2) is 29.0 Å². The van der Waals surface area contributed by atoms with Crippen LogP contribution < -0.4 is 5.73 Å². The van der Waals surface area contributed by atoms with Gasteiger partial charge in [0.15, 0.2) is 0 Å². The average Bonchev–Trinajstić information content (AvgIpc) is 2.88. The van der Waals surface area contributed by atoms with E-state index in [1.807, 2.05) is 0 Å². The number of nitrogens with zero attached hydrogens (tertiary/aromatic N) is 1. The normalized spacial score (nSPS) is 22.2. The fraction of sp³-hybridized carbons (Fsp3) is 0.900. The van der Waals surface area contributed by atoms with Gasteiger partial charge in [-0.25, -0.2) is 0 Å². The van der Waals surface area contributed by atoms with Gasteiger partial charge in [-0.05, 0) is 31.6 Å². The van der Waals surface area contributed by atoms with E-state index in [4.69, 9.17) is 18.0 Å². The molecule has 0 unspecified atom stereocenters. The molecule has 0 saturated heterocycles. The van der Waals surface area contributed by atoms with Crippen molar-refractivity contribution in [3.05, 3.63) is 0 Å². The molecule has 2 saturated carbocycles. The second-order valence-corrected chi connectivity index (χ2v) is 4.91. The quantitative estimate of drug-likeness (QED) is 0.656. The molecule has 13 heavy (non-hydrogen) atoms. The molecule has 2 fully saturated rings. The second-order valence-electron chi connectivity index (χ2n) is 4.39. The molecule has 0 bridgehead atoms. The van der Waals surface area contributed by atoms with Gasteiger partial charge in [-0.3, -0.25) is 4.90 Å². The third-order valence-corrected chi connectivity index (χ3v) is 3.10. The van der Waals surface area contributed by atoms with Gasteiger partial charge in [0, 0.05) is 25.6 Å². The zero-order chi connectivity index (χ0) is 9.26. The Bertz CT molecular complexity index is 197. The molecule has 0 amide bonds. The summed E-state index contributed by atoms with van der Waals surface area (Å²) in [6.07, 6.45) is 6.57. The second kappa shape index (κ2) is 3.93. The Balaban J connectivity index is 1.71. The minimum absolute atomic E-state index is 0.668. The first-order valence-corrected chi connectivity index (χ1v) is 5.69. The van der Waals surface area contributed by atoms with Crippen molar-refractivity contribution in [3.63, 3.8) is 0 Å². The van der Waals surface area contributed by atoms with Crippen molar-refractivity contribution in [1.29, 1.82) is 0 Å². The van der Waals surface area contributed by atoms with Gasteiger partial charge in [0.25, 0.3) is 0 Å². The maximum atomic E-state index is 5.51. The van der Waals surface area contributed by atoms with E-state index in [-0.39, 0.29) is 0 Å². The van der Waals surface area contributed by atoms with E-state index in [0.29, 0.717) is 4.99 Å². The van der Waals surface area contributed by atoms with Gasteiger partial charge in [-0.2, -0.15) is 0 Å². The highest BCUT2D eigenvalue weighted by molar-refractivity contribution is 7.80. The van der Waals surface area contributed by atoms with Gasteiger partial charge in [-0.1, -0.05) is 12.2 Å². The number of rotatable bonds is 6. The molecule has 2 rings (SSSR count). The Hall–Kier alpha value is -0.150. The lowest BCUT2D eigenvalue weighted by atomic mass is 10.3. The fourth-order valence-corrected chi connectivity index (χ4v) is 1.84. The largest absolute Gasteiger partial charge is 0.393 e. The van der Waals surface area contributed by atoms with E-state index in [2.05, 4.69) is 4.90 Å². The van der Waals surface area contributed by atoms with Crippen LogP contribution in [0, 0.1) is 5.92 Å². The molecule has 0 aromatic carbocycles. The smallest absolute Gasteiger partial charge is 0.0740 e. The third kappa shape index (κ3) is 3.24. The monoisotopic (exact) mass is 198 g/mol. The molecule has 0 radical (unpaired) electrons. The molecule has 0 heterocycles. The van der Waals surface area contributed by atoms with E-state index in [0.717, 1.165) is 24.9 Å². The first-order chi connectivity index (χ1) is 6.25. The summed E-state index contributed by atoms with van der Waals surface area (Å²) in [5.74, 6) is 0.993. The van der Waals surface area contributed by atoms with Crippen LogP contribution in [0.5, 0.6) is 0 Å². The molecule has 2 aliphatic rings. The van der Waals surface area contributed by atoms with E-state index >= 15 is 0 Å². The molecule has 0 aromatic heterocycles. The number of thiocarbonyl (C=S) groups is 1. The molecule has 0 atom stereocenters. The minimum Gasteiger partial charge on any atom is -0.393 e. The Morgan fingerprint density at radius 2 is 2.00 bits per heavy atom. The Kier molecular flexibility index (Phi) is 2.84. The summed E-state index contributed by atoms with van der Waals surface area (Å²) >= 11 is 4.90. The Morgan fingerprint density at radius 1 is 1.31 bits per heavy atom. The van der Waals surface area contributed by atoms with E-state index in [1.54, 1.807) is 0 Å². The maximum absolute atomic E-state index is 5.51. The molecule has 2 nitrogen and oxygen atoms in total. The summed E-state index contributed by atoms with van der Waals surface area (Å²) in [5, 5.41) is 0. The van der Waals surface area contributed by atoms with E-state index < -0.39 is 0 Å². The van der Waals surface area contributed by atoms with Gasteiger partial charge in [-0.15, -0.1) is 0 Å². The summed E-state index contributed by atoms with van der Waals surface area (Å²) in [5.41, 5.74) is 5.51. The van der Waals surface area contributed by atoms with Gasteiger partial charge >= 0.3 is 0 Å². The summed E-state index contributed by atoms with van der Waals surface area (Å²) in [6, 6.07) is 0.870. The van der Waals surface area contributed by atoms with Crippen molar-refractivity contribution in [2.75, 3.05) is 13.1 Å². The van der Waals surface area contributed by atoms with Crippen LogP contribution in [0.2, 0.25) is 0 Å². The number of hydrogen-bond donors (Lipinski definition) is 1. The summed E-state index contributed by atoms with van der Waals surface area (Å²) in [7, 11) is 0. The lowest BCUT2D eigenvalue weighted by Gasteiger charge is -2.21. The molecule has 0 aliphatic heterocycles. The highest BCUT2D eigenvalue weighted by Gasteiger charge is 2.33. The molecular weight excluding hydrogens is 180 g/mol. The molecule has 0 aromatic rings. The zero-order valence-electron chi connectivity index (χ0n) is 8.04. The van der Waals surface area contributed by atoms with Crippen LogP contribution in [0.1, 0.15) is 32.1 Å². The van der Waals surface area contributed by atoms with Gasteiger partial charge < -0.3 is 5.73 Å². The summed E-state index contributed by atoms with van der Waals surface area (Å²) in [6.45, 7) is 2.39. The third-order valence-electron chi connectivity index (χ3n) is 2.90. The Labute approximate surface area is 85.5 Å². The Morgan fingerprint density at radius 3 is 2.46 bits per heavy atom. The summed E-state index contributed by atoms with van der Waals surface area (Å²) in [4.78, 5) is 3.26. The van der Waals surface area contributed by atoms with Crippen molar-refractivity contribution < 1.29 is 0 Å². The van der Waals surface area contributed by atoms with Gasteiger partial charge in [0.1, 0.15) is 0 Å². The van der Waals surface area contributed by atoms with Crippen molar-refractivity contribution in [2.45, 2.75) is 38.1 Å². The molecule has 0 spiro atoms.